The van der Waals surface area contributed by atoms with Crippen LogP contribution in [0.15, 0.2) is 0 Å². The molecule has 2 N–H and O–H groups in total. The van der Waals surface area contributed by atoms with E-state index < -0.39 is 6.29 Å². The normalized spacial score (nSPS) is 10.8. The van der Waals surface area contributed by atoms with E-state index in [2.05, 4.69) is 27.6 Å². The predicted molar refractivity (Wildman–Crippen MR) is 60.2 cm³/mol. The van der Waals surface area contributed by atoms with E-state index in [4.69, 9.17) is 14.9 Å². The molecule has 0 aromatic carbocycles. The van der Waals surface area contributed by atoms with Gasteiger partial charge >= 0.3 is 0 Å². The van der Waals surface area contributed by atoms with E-state index in [1.54, 1.807) is 0 Å². The molecule has 1 heterocycles. The molecule has 0 aliphatic rings. The lowest BCUT2D eigenvalue weighted by atomic mass is 10.1. The fourth-order valence-corrected chi connectivity index (χ4v) is 1.68. The van der Waals surface area contributed by atoms with E-state index >= 15 is 0 Å². The molecule has 1 aromatic heterocycles. The lowest BCUT2D eigenvalue weighted by molar-refractivity contribution is -0.0448. The molecule has 1 aromatic rings. The zero-order valence-corrected chi connectivity index (χ0v) is 10.4. The van der Waals surface area contributed by atoms with Gasteiger partial charge in [-0.2, -0.15) is 0 Å². The third-order valence-electron chi connectivity index (χ3n) is 2.00. The molecule has 4 nitrogen and oxygen atoms in total. The second kappa shape index (κ2) is 4.41. The summed E-state index contributed by atoms with van der Waals surface area (Å²) < 4.78 is 5.91. The number of ether oxygens (including phenoxy) is 1. The number of rotatable bonds is 2. The minimum Gasteiger partial charge on any atom is -0.481 e. The van der Waals surface area contributed by atoms with Crippen LogP contribution in [0, 0.1) is 17.4 Å². The van der Waals surface area contributed by atoms with Crippen molar-refractivity contribution in [2.24, 2.45) is 0 Å². The maximum absolute atomic E-state index is 9.16. The van der Waals surface area contributed by atoms with Crippen molar-refractivity contribution < 1.29 is 14.9 Å². The van der Waals surface area contributed by atoms with Crippen LogP contribution in [-0.4, -0.2) is 22.3 Å². The van der Waals surface area contributed by atoms with Gasteiger partial charge in [0.05, 0.1) is 18.4 Å². The van der Waals surface area contributed by atoms with Gasteiger partial charge in [0, 0.05) is 3.57 Å². The summed E-state index contributed by atoms with van der Waals surface area (Å²) in [6, 6.07) is 0. The van der Waals surface area contributed by atoms with E-state index in [9.17, 15) is 0 Å². The maximum atomic E-state index is 9.16. The molecular weight excluding hydrogens is 297 g/mol. The zero-order chi connectivity index (χ0) is 10.9. The first-order valence-electron chi connectivity index (χ1n) is 4.05. The summed E-state index contributed by atoms with van der Waals surface area (Å²) in [4.78, 5) is 4.12. The molecule has 5 heteroatoms. The number of halogens is 1. The van der Waals surface area contributed by atoms with Crippen LogP contribution in [0.3, 0.4) is 0 Å². The van der Waals surface area contributed by atoms with E-state index in [1.165, 1.54) is 7.11 Å². The lowest BCUT2D eigenvalue weighted by Crippen LogP contribution is -2.07. The maximum Gasteiger partial charge on any atom is 0.222 e. The molecule has 0 radical (unpaired) electrons. The number of hydrogen-bond donors (Lipinski definition) is 2. The van der Waals surface area contributed by atoms with Gasteiger partial charge in [-0.15, -0.1) is 0 Å². The van der Waals surface area contributed by atoms with Gasteiger partial charge in [-0.3, -0.25) is 0 Å². The zero-order valence-electron chi connectivity index (χ0n) is 8.21. The average molecular weight is 309 g/mol. The van der Waals surface area contributed by atoms with Crippen molar-refractivity contribution >= 4 is 22.6 Å². The van der Waals surface area contributed by atoms with Crippen LogP contribution in [-0.2, 0) is 0 Å². The Morgan fingerprint density at radius 2 is 1.93 bits per heavy atom. The molecule has 78 valence electrons. The largest absolute Gasteiger partial charge is 0.481 e. The Morgan fingerprint density at radius 3 is 2.36 bits per heavy atom. The van der Waals surface area contributed by atoms with Gasteiger partial charge in [-0.25, -0.2) is 4.98 Å². The van der Waals surface area contributed by atoms with Crippen LogP contribution in [0.25, 0.3) is 0 Å². The quantitative estimate of drug-likeness (QED) is 0.638. The highest BCUT2D eigenvalue weighted by atomic mass is 127. The third kappa shape index (κ3) is 1.99. The Hall–Kier alpha value is -0.400. The number of hydrogen-bond acceptors (Lipinski definition) is 4. The van der Waals surface area contributed by atoms with Gasteiger partial charge in [-0.05, 0) is 42.0 Å². The van der Waals surface area contributed by atoms with Crippen LogP contribution in [0.2, 0.25) is 0 Å². The van der Waals surface area contributed by atoms with Gasteiger partial charge < -0.3 is 14.9 Å². The number of aliphatic hydroxyl groups excluding tert-OH is 1. The van der Waals surface area contributed by atoms with Crippen molar-refractivity contribution in [3.8, 4) is 5.88 Å². The molecule has 0 saturated heterocycles. The lowest BCUT2D eigenvalue weighted by Gasteiger charge is -2.14. The average Bonchev–Trinajstić information content (AvgIpc) is 2.12. The summed E-state index contributed by atoms with van der Waals surface area (Å²) in [6.07, 6.45) is -1.55. The van der Waals surface area contributed by atoms with Crippen molar-refractivity contribution in [1.82, 2.24) is 4.98 Å². The van der Waals surface area contributed by atoms with Crippen molar-refractivity contribution in [3.63, 3.8) is 0 Å². The van der Waals surface area contributed by atoms with Crippen molar-refractivity contribution in [2.75, 3.05) is 7.11 Å². The number of aryl methyl sites for hydroxylation is 1. The summed E-state index contributed by atoms with van der Waals surface area (Å²) in [5.41, 5.74) is 1.96. The Bertz CT molecular complexity index is 352. The molecule has 14 heavy (non-hydrogen) atoms. The molecular formula is C9H12INO3. The second-order valence-electron chi connectivity index (χ2n) is 2.93. The molecule has 0 unspecified atom stereocenters. The van der Waals surface area contributed by atoms with Crippen LogP contribution < -0.4 is 4.74 Å². The van der Waals surface area contributed by atoms with Crippen LogP contribution in [0.5, 0.6) is 5.88 Å². The Labute approximate surface area is 96.1 Å². The first-order valence-corrected chi connectivity index (χ1v) is 5.13. The number of methoxy groups -OCH3 is 1. The summed E-state index contributed by atoms with van der Waals surface area (Å²) in [7, 11) is 1.46. The standard InChI is InChI=1S/C9H12INO3/c1-4-6(9(12)13)8(14-3)11-5(2)7(4)10/h9,12-13H,1-3H3. The van der Waals surface area contributed by atoms with Crippen molar-refractivity contribution in [2.45, 2.75) is 20.1 Å². The third-order valence-corrected chi connectivity index (χ3v) is 3.59. The number of aliphatic hydroxyl groups is 2. The smallest absolute Gasteiger partial charge is 0.222 e. The topological polar surface area (TPSA) is 62.6 Å². The molecule has 0 aliphatic carbocycles. The molecule has 0 fully saturated rings. The highest BCUT2D eigenvalue weighted by Gasteiger charge is 2.18. The van der Waals surface area contributed by atoms with Crippen LogP contribution in [0.4, 0.5) is 0 Å². The van der Waals surface area contributed by atoms with Gasteiger partial charge in [0.1, 0.15) is 0 Å². The summed E-state index contributed by atoms with van der Waals surface area (Å²) in [5, 5.41) is 18.3. The molecule has 0 aliphatic heterocycles. The highest BCUT2D eigenvalue weighted by Crippen LogP contribution is 2.29. The van der Waals surface area contributed by atoms with Gasteiger partial charge in [-0.1, -0.05) is 0 Å². The molecule has 0 spiro atoms. The summed E-state index contributed by atoms with van der Waals surface area (Å²) in [6.45, 7) is 3.67. The summed E-state index contributed by atoms with van der Waals surface area (Å²) >= 11 is 2.12. The molecule has 0 bridgehead atoms. The summed E-state index contributed by atoms with van der Waals surface area (Å²) in [5.74, 6) is 0.274. The highest BCUT2D eigenvalue weighted by molar-refractivity contribution is 14.1. The molecule has 0 atom stereocenters. The van der Waals surface area contributed by atoms with Crippen molar-refractivity contribution in [3.05, 3.63) is 20.4 Å². The van der Waals surface area contributed by atoms with Crippen molar-refractivity contribution in [1.29, 1.82) is 0 Å². The van der Waals surface area contributed by atoms with E-state index in [0.29, 0.717) is 5.56 Å². The first-order chi connectivity index (χ1) is 6.49. The fraction of sp³-hybridized carbons (Fsp3) is 0.444. The van der Waals surface area contributed by atoms with E-state index in [0.717, 1.165) is 14.8 Å². The Morgan fingerprint density at radius 1 is 1.36 bits per heavy atom. The Balaban J connectivity index is 3.45. The second-order valence-corrected chi connectivity index (χ2v) is 4.01. The first kappa shape index (κ1) is 11.7. The minimum absolute atomic E-state index is 0.274. The Kier molecular flexibility index (Phi) is 3.68. The van der Waals surface area contributed by atoms with Crippen LogP contribution in [0.1, 0.15) is 23.1 Å². The predicted octanol–water partition coefficient (Wildman–Crippen LogP) is 1.29. The monoisotopic (exact) mass is 309 g/mol. The van der Waals surface area contributed by atoms with Gasteiger partial charge in [0.25, 0.3) is 0 Å². The molecule has 1 rings (SSSR count). The number of aromatic nitrogens is 1. The molecule has 0 amide bonds. The van der Waals surface area contributed by atoms with Gasteiger partial charge in [0.2, 0.25) is 5.88 Å². The number of pyridine rings is 1. The van der Waals surface area contributed by atoms with E-state index in [1.807, 2.05) is 13.8 Å². The van der Waals surface area contributed by atoms with Crippen LogP contribution >= 0.6 is 22.6 Å². The SMILES string of the molecule is COc1nc(C)c(I)c(C)c1C(O)O. The fourth-order valence-electron chi connectivity index (χ4n) is 1.27. The van der Waals surface area contributed by atoms with E-state index in [-0.39, 0.29) is 5.88 Å². The van der Waals surface area contributed by atoms with Gasteiger partial charge in [0.15, 0.2) is 6.29 Å². The molecule has 0 saturated carbocycles. The number of nitrogens with zero attached hydrogens (tertiary/aromatic N) is 1. The minimum atomic E-state index is -1.55.